The summed E-state index contributed by atoms with van der Waals surface area (Å²) < 4.78 is 13.3. The van der Waals surface area contributed by atoms with E-state index in [0.717, 1.165) is 37.9 Å². The SMILES string of the molecule is Cc1[nH]c(-c2ccc(F)cc2)nc1C(=O)N1CCCCN2CCCCC2CC(=O)NCCC1. The van der Waals surface area contributed by atoms with E-state index in [4.69, 9.17) is 0 Å². The van der Waals surface area contributed by atoms with Gasteiger partial charge in [-0.3, -0.25) is 14.5 Å². The summed E-state index contributed by atoms with van der Waals surface area (Å²) in [5, 5.41) is 3.04. The Balaban J connectivity index is 1.45. The van der Waals surface area contributed by atoms with Crippen molar-refractivity contribution >= 4 is 11.8 Å². The van der Waals surface area contributed by atoms with Crippen LogP contribution in [-0.2, 0) is 4.79 Å². The van der Waals surface area contributed by atoms with E-state index in [1.54, 1.807) is 12.1 Å². The fraction of sp³-hybridized carbons (Fsp3) is 0.560. The number of nitrogens with one attached hydrogen (secondary N) is 2. The number of carbonyl (C=O) groups excluding carboxylic acids is 2. The lowest BCUT2D eigenvalue weighted by molar-refractivity contribution is -0.122. The fourth-order valence-electron chi connectivity index (χ4n) is 4.86. The quantitative estimate of drug-likeness (QED) is 0.726. The highest BCUT2D eigenvalue weighted by atomic mass is 19.1. The first-order chi connectivity index (χ1) is 16.0. The molecule has 0 spiro atoms. The van der Waals surface area contributed by atoms with E-state index in [9.17, 15) is 14.0 Å². The number of aromatic amines is 1. The molecule has 1 unspecified atom stereocenters. The molecule has 2 aliphatic heterocycles. The molecule has 0 aliphatic carbocycles. The standard InChI is InChI=1S/C25H34FN5O2/c1-18-23(29-24(28-18)19-8-10-20(26)11-9-19)25(33)31-15-5-4-14-30-13-3-2-7-21(30)17-22(32)27-12-6-16-31/h8-11,21H,2-7,12-17H2,1H3,(H,27,32)(H,28,29). The third-order valence-corrected chi connectivity index (χ3v) is 6.71. The van der Waals surface area contributed by atoms with Crippen LogP contribution in [0.25, 0.3) is 11.4 Å². The van der Waals surface area contributed by atoms with E-state index in [1.165, 1.54) is 25.0 Å². The Morgan fingerprint density at radius 3 is 2.52 bits per heavy atom. The molecule has 8 heteroatoms. The molecule has 2 aromatic rings. The minimum absolute atomic E-state index is 0.103. The number of nitrogens with zero attached hydrogens (tertiary/aromatic N) is 3. The zero-order valence-corrected chi connectivity index (χ0v) is 19.4. The smallest absolute Gasteiger partial charge is 0.274 e. The van der Waals surface area contributed by atoms with Crippen molar-refractivity contribution in [1.82, 2.24) is 25.1 Å². The number of aryl methyl sites for hydroxylation is 1. The number of benzene rings is 1. The molecule has 2 saturated heterocycles. The Morgan fingerprint density at radius 1 is 1.03 bits per heavy atom. The van der Waals surface area contributed by atoms with Crippen LogP contribution in [0.4, 0.5) is 4.39 Å². The Bertz CT molecular complexity index is 958. The number of H-pyrrole nitrogens is 1. The van der Waals surface area contributed by atoms with Crippen molar-refractivity contribution in [1.29, 1.82) is 0 Å². The molecule has 3 heterocycles. The minimum Gasteiger partial charge on any atom is -0.356 e. The summed E-state index contributed by atoms with van der Waals surface area (Å²) in [5.41, 5.74) is 1.84. The van der Waals surface area contributed by atoms with Crippen LogP contribution in [0.2, 0.25) is 0 Å². The Morgan fingerprint density at radius 2 is 1.73 bits per heavy atom. The highest BCUT2D eigenvalue weighted by molar-refractivity contribution is 5.94. The van der Waals surface area contributed by atoms with Gasteiger partial charge in [0, 0.05) is 43.4 Å². The predicted octanol–water partition coefficient (Wildman–Crippen LogP) is 3.51. The number of piperidine rings is 1. The van der Waals surface area contributed by atoms with Gasteiger partial charge < -0.3 is 15.2 Å². The van der Waals surface area contributed by atoms with Gasteiger partial charge >= 0.3 is 0 Å². The lowest BCUT2D eigenvalue weighted by Crippen LogP contribution is -2.43. The second-order valence-electron chi connectivity index (χ2n) is 9.16. The first-order valence-corrected chi connectivity index (χ1v) is 12.1. The maximum Gasteiger partial charge on any atom is 0.274 e. The van der Waals surface area contributed by atoms with E-state index in [1.807, 2.05) is 11.8 Å². The first-order valence-electron chi connectivity index (χ1n) is 12.1. The molecule has 33 heavy (non-hydrogen) atoms. The number of halogens is 1. The van der Waals surface area contributed by atoms with Gasteiger partial charge in [-0.05, 0) is 76.4 Å². The average Bonchev–Trinajstić information content (AvgIpc) is 3.20. The van der Waals surface area contributed by atoms with Crippen molar-refractivity contribution in [3.63, 3.8) is 0 Å². The Hall–Kier alpha value is -2.74. The van der Waals surface area contributed by atoms with E-state index in [-0.39, 0.29) is 17.6 Å². The minimum atomic E-state index is -0.309. The Kier molecular flexibility index (Phi) is 7.75. The molecule has 0 radical (unpaired) electrons. The maximum atomic E-state index is 13.4. The number of aromatic nitrogens is 2. The third-order valence-electron chi connectivity index (χ3n) is 6.71. The molecule has 1 atom stereocenters. The number of hydrogen-bond acceptors (Lipinski definition) is 4. The molecule has 1 aromatic heterocycles. The largest absolute Gasteiger partial charge is 0.356 e. The van der Waals surface area contributed by atoms with Gasteiger partial charge in [0.25, 0.3) is 5.91 Å². The van der Waals surface area contributed by atoms with Gasteiger partial charge in [0.15, 0.2) is 0 Å². The van der Waals surface area contributed by atoms with E-state index in [2.05, 4.69) is 20.2 Å². The van der Waals surface area contributed by atoms with Crippen molar-refractivity contribution in [2.45, 2.75) is 57.9 Å². The molecule has 178 valence electrons. The summed E-state index contributed by atoms with van der Waals surface area (Å²) in [4.78, 5) is 37.8. The summed E-state index contributed by atoms with van der Waals surface area (Å²) in [6, 6.07) is 6.41. The van der Waals surface area contributed by atoms with Gasteiger partial charge in [-0.2, -0.15) is 0 Å². The number of imidazole rings is 1. The second kappa shape index (κ2) is 10.9. The summed E-state index contributed by atoms with van der Waals surface area (Å²) >= 11 is 0. The van der Waals surface area contributed by atoms with Crippen LogP contribution in [0.1, 0.15) is 61.1 Å². The summed E-state index contributed by atoms with van der Waals surface area (Å²) in [5.74, 6) is 0.256. The molecular formula is C25H34FN5O2. The van der Waals surface area contributed by atoms with Crippen LogP contribution in [0, 0.1) is 12.7 Å². The molecule has 2 aliphatic rings. The van der Waals surface area contributed by atoms with Crippen LogP contribution in [-0.4, -0.2) is 70.3 Å². The molecular weight excluding hydrogens is 421 g/mol. The van der Waals surface area contributed by atoms with Crippen molar-refractivity contribution in [2.75, 3.05) is 32.7 Å². The maximum absolute atomic E-state index is 13.4. The van der Waals surface area contributed by atoms with Gasteiger partial charge in [0.05, 0.1) is 0 Å². The number of rotatable bonds is 2. The van der Waals surface area contributed by atoms with Gasteiger partial charge in [-0.15, -0.1) is 0 Å². The molecule has 2 amide bonds. The summed E-state index contributed by atoms with van der Waals surface area (Å²) in [6.07, 6.45) is 6.68. The van der Waals surface area contributed by atoms with Crippen molar-refractivity contribution in [2.24, 2.45) is 0 Å². The monoisotopic (exact) mass is 455 g/mol. The molecule has 0 bridgehead atoms. The number of amides is 2. The van der Waals surface area contributed by atoms with Crippen LogP contribution >= 0.6 is 0 Å². The van der Waals surface area contributed by atoms with Crippen molar-refractivity contribution in [3.05, 3.63) is 41.5 Å². The van der Waals surface area contributed by atoms with Crippen molar-refractivity contribution in [3.8, 4) is 11.4 Å². The highest BCUT2D eigenvalue weighted by Gasteiger charge is 2.26. The van der Waals surface area contributed by atoms with E-state index >= 15 is 0 Å². The zero-order chi connectivity index (χ0) is 23.2. The highest BCUT2D eigenvalue weighted by Crippen LogP contribution is 2.22. The van der Waals surface area contributed by atoms with Crippen LogP contribution in [0.15, 0.2) is 24.3 Å². The van der Waals surface area contributed by atoms with Gasteiger partial charge in [-0.1, -0.05) is 6.42 Å². The number of fused-ring (bicyclic) bond motifs is 1. The zero-order valence-electron chi connectivity index (χ0n) is 19.4. The van der Waals surface area contributed by atoms with Crippen LogP contribution in [0.5, 0.6) is 0 Å². The van der Waals surface area contributed by atoms with Gasteiger partial charge in [-0.25, -0.2) is 9.37 Å². The molecule has 4 rings (SSSR count). The lowest BCUT2D eigenvalue weighted by atomic mass is 9.98. The molecule has 1 aromatic carbocycles. The lowest BCUT2D eigenvalue weighted by Gasteiger charge is -2.35. The van der Waals surface area contributed by atoms with Gasteiger partial charge in [0.2, 0.25) is 5.91 Å². The fourth-order valence-corrected chi connectivity index (χ4v) is 4.86. The summed E-state index contributed by atoms with van der Waals surface area (Å²) in [7, 11) is 0. The predicted molar refractivity (Wildman–Crippen MR) is 125 cm³/mol. The topological polar surface area (TPSA) is 81.3 Å². The van der Waals surface area contributed by atoms with E-state index in [0.29, 0.717) is 55.7 Å². The summed E-state index contributed by atoms with van der Waals surface area (Å²) in [6.45, 7) is 5.67. The molecule has 2 N–H and O–H groups in total. The Labute approximate surface area is 194 Å². The normalized spacial score (nSPS) is 21.3. The first kappa shape index (κ1) is 23.4. The molecule has 2 fully saturated rings. The average molecular weight is 456 g/mol. The van der Waals surface area contributed by atoms with Crippen LogP contribution < -0.4 is 5.32 Å². The van der Waals surface area contributed by atoms with Crippen molar-refractivity contribution < 1.29 is 14.0 Å². The van der Waals surface area contributed by atoms with Gasteiger partial charge in [0.1, 0.15) is 17.3 Å². The molecule has 7 nitrogen and oxygen atoms in total. The number of carbonyl (C=O) groups is 2. The number of hydrogen-bond donors (Lipinski definition) is 2. The second-order valence-corrected chi connectivity index (χ2v) is 9.16. The third kappa shape index (κ3) is 5.99. The van der Waals surface area contributed by atoms with Crippen LogP contribution in [0.3, 0.4) is 0 Å². The molecule has 0 saturated carbocycles. The van der Waals surface area contributed by atoms with E-state index < -0.39 is 0 Å².